The lowest BCUT2D eigenvalue weighted by Gasteiger charge is -2.34. The van der Waals surface area contributed by atoms with Gasteiger partial charge in [0.2, 0.25) is 0 Å². The summed E-state index contributed by atoms with van der Waals surface area (Å²) >= 11 is 0. The molecule has 0 radical (unpaired) electrons. The van der Waals surface area contributed by atoms with Crippen molar-refractivity contribution in [2.75, 3.05) is 52.4 Å². The first-order chi connectivity index (χ1) is 18.7. The minimum Gasteiger partial charge on any atom is -0.464 e. The lowest BCUT2D eigenvalue weighted by atomic mass is 9.91. The molecule has 0 bridgehead atoms. The number of allylic oxidation sites excluding steroid dienone is 1. The molecule has 0 amide bonds. The highest BCUT2D eigenvalue weighted by Gasteiger charge is 2.18. The van der Waals surface area contributed by atoms with Gasteiger partial charge in [-0.15, -0.1) is 0 Å². The van der Waals surface area contributed by atoms with Crippen LogP contribution < -0.4 is 11.1 Å². The molecule has 6 heteroatoms. The number of hydrogen-bond donors (Lipinski definition) is 2. The number of carbonyl (C=O) groups is 1. The quantitative estimate of drug-likeness (QED) is 0.165. The zero-order valence-electron chi connectivity index (χ0n) is 24.2. The van der Waals surface area contributed by atoms with Gasteiger partial charge in [-0.2, -0.15) is 0 Å². The van der Waals surface area contributed by atoms with Crippen LogP contribution in [-0.4, -0.2) is 68.2 Å². The van der Waals surface area contributed by atoms with Crippen LogP contribution in [0.3, 0.4) is 0 Å². The summed E-state index contributed by atoms with van der Waals surface area (Å²) in [6, 6.07) is 8.64. The molecule has 2 aliphatic rings. The zero-order valence-corrected chi connectivity index (χ0v) is 24.2. The van der Waals surface area contributed by atoms with Gasteiger partial charge in [-0.25, -0.2) is 0 Å². The van der Waals surface area contributed by atoms with E-state index in [4.69, 9.17) is 10.5 Å². The van der Waals surface area contributed by atoms with Crippen molar-refractivity contribution < 1.29 is 14.8 Å². The van der Waals surface area contributed by atoms with Crippen LogP contribution >= 0.6 is 0 Å². The van der Waals surface area contributed by atoms with Gasteiger partial charge >= 0.3 is 5.97 Å². The van der Waals surface area contributed by atoms with Crippen LogP contribution in [0.25, 0.3) is 5.70 Å². The van der Waals surface area contributed by atoms with Gasteiger partial charge in [0.25, 0.3) is 0 Å². The maximum atomic E-state index is 12.0. The number of hydrogen-bond acceptors (Lipinski definition) is 5. The third-order valence-corrected chi connectivity index (χ3v) is 8.25. The van der Waals surface area contributed by atoms with E-state index in [1.807, 2.05) is 0 Å². The van der Waals surface area contributed by atoms with Crippen LogP contribution in [0.1, 0.15) is 102 Å². The molecule has 2 fully saturated rings. The van der Waals surface area contributed by atoms with Gasteiger partial charge in [-0.05, 0) is 49.8 Å². The van der Waals surface area contributed by atoms with Gasteiger partial charge in [-0.3, -0.25) is 9.69 Å². The number of piperazine rings is 1. The average molecular weight is 528 g/mol. The monoisotopic (exact) mass is 527 g/mol. The van der Waals surface area contributed by atoms with E-state index in [9.17, 15) is 4.79 Å². The third kappa shape index (κ3) is 11.5. The number of esters is 1. The van der Waals surface area contributed by atoms with Gasteiger partial charge in [0.1, 0.15) is 12.3 Å². The molecule has 1 aliphatic carbocycles. The highest BCUT2D eigenvalue weighted by molar-refractivity contribution is 5.72. The number of quaternary nitrogens is 1. The summed E-state index contributed by atoms with van der Waals surface area (Å²) in [5, 5.41) is 2.38. The summed E-state index contributed by atoms with van der Waals surface area (Å²) in [7, 11) is 0. The first-order valence-corrected chi connectivity index (χ1v) is 15.7. The molecule has 1 aliphatic heterocycles. The Morgan fingerprint density at radius 1 is 0.868 bits per heavy atom. The summed E-state index contributed by atoms with van der Waals surface area (Å²) < 4.78 is 5.49. The zero-order chi connectivity index (χ0) is 26.8. The van der Waals surface area contributed by atoms with Gasteiger partial charge in [0.05, 0.1) is 12.1 Å². The first-order valence-electron chi connectivity index (χ1n) is 15.7. The van der Waals surface area contributed by atoms with Crippen LogP contribution in [0.5, 0.6) is 0 Å². The molecule has 4 N–H and O–H groups in total. The molecular formula is C32H55N4O2+. The Labute approximate surface area is 232 Å². The van der Waals surface area contributed by atoms with Crippen LogP contribution in [0.15, 0.2) is 29.8 Å². The second-order valence-corrected chi connectivity index (χ2v) is 11.3. The number of carbonyl (C=O) groups excluding carboxylic acids is 1. The minimum atomic E-state index is -0.0216. The van der Waals surface area contributed by atoms with Crippen molar-refractivity contribution in [1.82, 2.24) is 9.80 Å². The van der Waals surface area contributed by atoms with Gasteiger partial charge in [0.15, 0.2) is 0 Å². The molecule has 38 heavy (non-hydrogen) atoms. The molecular weight excluding hydrogens is 472 g/mol. The van der Waals surface area contributed by atoms with Crippen molar-refractivity contribution in [3.05, 3.63) is 35.4 Å². The molecule has 1 saturated carbocycles. The summed E-state index contributed by atoms with van der Waals surface area (Å²) in [5.74, 6) is -0.0216. The second-order valence-electron chi connectivity index (χ2n) is 11.3. The summed E-state index contributed by atoms with van der Waals surface area (Å²) in [4.78, 5) is 17.0. The molecule has 0 aromatic heterocycles. The Balaban J connectivity index is 1.23. The molecule has 0 spiro atoms. The molecule has 1 heterocycles. The van der Waals surface area contributed by atoms with E-state index in [1.54, 1.807) is 0 Å². The van der Waals surface area contributed by atoms with Crippen molar-refractivity contribution in [3.63, 3.8) is 0 Å². The molecule has 0 unspecified atom stereocenters. The van der Waals surface area contributed by atoms with E-state index >= 15 is 0 Å². The molecule has 0 atom stereocenters. The molecule has 214 valence electrons. The van der Waals surface area contributed by atoms with Crippen LogP contribution in [0, 0.1) is 0 Å². The Morgan fingerprint density at radius 2 is 1.53 bits per heavy atom. The maximum Gasteiger partial charge on any atom is 0.305 e. The molecule has 3 rings (SSSR count). The number of ether oxygens (including phenoxy) is 1. The van der Waals surface area contributed by atoms with Crippen molar-refractivity contribution >= 4 is 17.4 Å². The van der Waals surface area contributed by atoms with Crippen LogP contribution in [-0.2, 0) is 9.53 Å². The predicted molar refractivity (Wildman–Crippen MR) is 158 cm³/mol. The topological polar surface area (TPSA) is 75.4 Å². The summed E-state index contributed by atoms with van der Waals surface area (Å²) in [6.07, 6.45) is 16.6. The Kier molecular flexibility index (Phi) is 14.8. The lowest BCUT2D eigenvalue weighted by Crippen LogP contribution is -2.78. The van der Waals surface area contributed by atoms with E-state index in [0.717, 1.165) is 77.2 Å². The first kappa shape index (κ1) is 30.6. The van der Waals surface area contributed by atoms with Gasteiger partial charge in [-0.1, -0.05) is 64.0 Å². The third-order valence-electron chi connectivity index (χ3n) is 8.25. The van der Waals surface area contributed by atoms with Crippen molar-refractivity contribution in [1.29, 1.82) is 0 Å². The van der Waals surface area contributed by atoms with E-state index in [0.29, 0.717) is 13.0 Å². The normalized spacial score (nSPS) is 17.0. The van der Waals surface area contributed by atoms with Crippen molar-refractivity contribution in [3.8, 4) is 0 Å². The molecule has 1 saturated heterocycles. The Hall–Kier alpha value is -1.89. The average Bonchev–Trinajstić information content (AvgIpc) is 2.96. The standard InChI is InChI=1S/C32H54N4O2/c1-2-3-4-5-6-7-11-19-31(37)38-27-26-36-24-22-35(23-25-36)21-14-20-34-30-18-13-12-17-29(30)32(33)28-15-9-8-10-16-28/h12-13,17-18,34H,2-11,14-16,19-27,33H2,1H3/p+1. The van der Waals surface area contributed by atoms with E-state index in [1.165, 1.54) is 74.6 Å². The fourth-order valence-electron chi connectivity index (χ4n) is 5.75. The minimum absolute atomic E-state index is 0.0216. The smallest absolute Gasteiger partial charge is 0.305 e. The Bertz CT molecular complexity index is 825. The number of rotatable bonds is 17. The van der Waals surface area contributed by atoms with Gasteiger partial charge in [0, 0.05) is 57.8 Å². The largest absolute Gasteiger partial charge is 0.464 e. The summed E-state index contributed by atoms with van der Waals surface area (Å²) in [5.41, 5.74) is 11.6. The van der Waals surface area contributed by atoms with Crippen molar-refractivity contribution in [2.24, 2.45) is 5.73 Å². The number of benzene rings is 1. The van der Waals surface area contributed by atoms with E-state index < -0.39 is 0 Å². The number of unbranched alkanes of at least 4 members (excludes halogenated alkanes) is 6. The maximum absolute atomic E-state index is 12.0. The van der Waals surface area contributed by atoms with E-state index in [-0.39, 0.29) is 5.97 Å². The highest BCUT2D eigenvalue weighted by Crippen LogP contribution is 2.29. The molecule has 1 aromatic rings. The van der Waals surface area contributed by atoms with Crippen molar-refractivity contribution in [2.45, 2.75) is 96.8 Å². The number of para-hydroxylation sites is 1. The highest BCUT2D eigenvalue weighted by atomic mass is 16.5. The van der Waals surface area contributed by atoms with Crippen LogP contribution in [0.4, 0.5) is 5.69 Å². The lowest BCUT2D eigenvalue weighted by molar-refractivity contribution is -0.572. The number of nitrogens with two attached hydrogens (primary N) is 2. The van der Waals surface area contributed by atoms with Crippen LogP contribution in [0.2, 0.25) is 0 Å². The molecule has 6 nitrogen and oxygen atoms in total. The predicted octanol–water partition coefficient (Wildman–Crippen LogP) is 5.21. The number of nitrogens with zero attached hydrogens (tertiary/aromatic N) is 2. The van der Waals surface area contributed by atoms with Gasteiger partial charge < -0.3 is 20.7 Å². The SMILES string of the molecule is CCCCCCCCCC(=O)OCCN1CCN(CCC[NH2+]c2ccccc2C(N)=C2CCCCC2)CC1. The summed E-state index contributed by atoms with van der Waals surface area (Å²) in [6.45, 7) is 10.2. The Morgan fingerprint density at radius 3 is 2.26 bits per heavy atom. The molecule has 1 aromatic carbocycles. The fourth-order valence-corrected chi connectivity index (χ4v) is 5.75. The van der Waals surface area contributed by atoms with E-state index in [2.05, 4.69) is 46.3 Å². The second kappa shape index (κ2) is 18.4. The fraction of sp³-hybridized carbons (Fsp3) is 0.719.